The van der Waals surface area contributed by atoms with Crippen LogP contribution in [0.25, 0.3) is 0 Å². The summed E-state index contributed by atoms with van der Waals surface area (Å²) < 4.78 is 5.45. The third kappa shape index (κ3) is 3.67. The number of benzene rings is 1. The molecule has 5 nitrogen and oxygen atoms in total. The van der Waals surface area contributed by atoms with Crippen molar-refractivity contribution in [3.8, 4) is 5.75 Å². The van der Waals surface area contributed by atoms with Gasteiger partial charge in [0.2, 0.25) is 5.91 Å². The van der Waals surface area contributed by atoms with Crippen LogP contribution in [0.15, 0.2) is 24.3 Å². The monoisotopic (exact) mass is 310 g/mol. The van der Waals surface area contributed by atoms with E-state index in [0.29, 0.717) is 23.7 Å². The molecular weight excluding hydrogens is 292 g/mol. The number of likely N-dealkylation sites (tertiary alicyclic amines) is 1. The lowest BCUT2D eigenvalue weighted by Crippen LogP contribution is -2.46. The van der Waals surface area contributed by atoms with E-state index in [1.54, 1.807) is 43.3 Å². The van der Waals surface area contributed by atoms with Gasteiger partial charge in [-0.1, -0.05) is 23.7 Å². The summed E-state index contributed by atoms with van der Waals surface area (Å²) in [6.45, 7) is 0.482. The molecule has 0 bridgehead atoms. The molecular formula is C15H19ClN2O3. The third-order valence-electron chi connectivity index (χ3n) is 3.49. The zero-order valence-corrected chi connectivity index (χ0v) is 13.0. The maximum absolute atomic E-state index is 12.3. The molecule has 0 N–H and O–H groups in total. The van der Waals surface area contributed by atoms with Crippen LogP contribution in [0.4, 0.5) is 0 Å². The largest absolute Gasteiger partial charge is 0.482 e. The first-order chi connectivity index (χ1) is 10.0. The van der Waals surface area contributed by atoms with E-state index in [9.17, 15) is 9.59 Å². The molecule has 1 saturated heterocycles. The SMILES string of the molecule is CN(C)C(=O)C1CCCN1C(=O)COc1ccccc1Cl. The summed E-state index contributed by atoms with van der Waals surface area (Å²) in [6, 6.07) is 6.63. The van der Waals surface area contributed by atoms with Crippen molar-refractivity contribution in [3.05, 3.63) is 29.3 Å². The molecule has 1 aliphatic rings. The molecule has 2 rings (SSSR count). The van der Waals surface area contributed by atoms with E-state index in [0.717, 1.165) is 6.42 Å². The van der Waals surface area contributed by atoms with E-state index in [2.05, 4.69) is 0 Å². The molecule has 1 aliphatic heterocycles. The van der Waals surface area contributed by atoms with Crippen LogP contribution in [0.1, 0.15) is 12.8 Å². The number of para-hydroxylation sites is 1. The van der Waals surface area contributed by atoms with Crippen molar-refractivity contribution in [1.29, 1.82) is 0 Å². The fraction of sp³-hybridized carbons (Fsp3) is 0.467. The smallest absolute Gasteiger partial charge is 0.261 e. The minimum absolute atomic E-state index is 0.0430. The zero-order chi connectivity index (χ0) is 15.4. The van der Waals surface area contributed by atoms with Crippen molar-refractivity contribution < 1.29 is 14.3 Å². The molecule has 1 heterocycles. The molecule has 114 valence electrons. The van der Waals surface area contributed by atoms with Crippen molar-refractivity contribution in [3.63, 3.8) is 0 Å². The highest BCUT2D eigenvalue weighted by Crippen LogP contribution is 2.24. The summed E-state index contributed by atoms with van der Waals surface area (Å²) in [5.41, 5.74) is 0. The van der Waals surface area contributed by atoms with Gasteiger partial charge in [-0.3, -0.25) is 9.59 Å². The fourth-order valence-electron chi connectivity index (χ4n) is 2.40. The number of ether oxygens (including phenoxy) is 1. The molecule has 0 aliphatic carbocycles. The second-order valence-electron chi connectivity index (χ2n) is 5.20. The number of halogens is 1. The Labute approximate surface area is 129 Å². The minimum Gasteiger partial charge on any atom is -0.482 e. The van der Waals surface area contributed by atoms with Gasteiger partial charge in [0.1, 0.15) is 11.8 Å². The number of nitrogens with zero attached hydrogens (tertiary/aromatic N) is 2. The van der Waals surface area contributed by atoms with E-state index < -0.39 is 0 Å². The Balaban J connectivity index is 1.97. The van der Waals surface area contributed by atoms with Crippen molar-refractivity contribution in [2.75, 3.05) is 27.2 Å². The van der Waals surface area contributed by atoms with Crippen LogP contribution < -0.4 is 4.74 Å². The summed E-state index contributed by atoms with van der Waals surface area (Å²) in [5, 5.41) is 0.465. The predicted octanol–water partition coefficient (Wildman–Crippen LogP) is 1.80. The third-order valence-corrected chi connectivity index (χ3v) is 3.80. The Bertz CT molecular complexity index is 533. The highest BCUT2D eigenvalue weighted by Gasteiger charge is 2.34. The standard InChI is InChI=1S/C15H19ClN2O3/c1-17(2)15(20)12-7-5-9-18(12)14(19)10-21-13-8-4-3-6-11(13)16/h3-4,6,8,12H,5,7,9-10H2,1-2H3. The maximum Gasteiger partial charge on any atom is 0.261 e. The van der Waals surface area contributed by atoms with Crippen LogP contribution in [-0.4, -0.2) is 54.9 Å². The number of hydrogen-bond donors (Lipinski definition) is 0. The van der Waals surface area contributed by atoms with Crippen LogP contribution in [0.2, 0.25) is 5.02 Å². The van der Waals surface area contributed by atoms with Crippen LogP contribution in [-0.2, 0) is 9.59 Å². The van der Waals surface area contributed by atoms with Gasteiger partial charge in [0, 0.05) is 20.6 Å². The average Bonchev–Trinajstić information content (AvgIpc) is 2.94. The van der Waals surface area contributed by atoms with Crippen LogP contribution in [0, 0.1) is 0 Å². The quantitative estimate of drug-likeness (QED) is 0.852. The minimum atomic E-state index is -0.373. The van der Waals surface area contributed by atoms with Crippen LogP contribution >= 0.6 is 11.6 Å². The molecule has 1 unspecified atom stereocenters. The second-order valence-corrected chi connectivity index (χ2v) is 5.60. The normalized spacial score (nSPS) is 17.7. The number of rotatable bonds is 4. The fourth-order valence-corrected chi connectivity index (χ4v) is 2.59. The van der Waals surface area contributed by atoms with Gasteiger partial charge < -0.3 is 14.5 Å². The highest BCUT2D eigenvalue weighted by molar-refractivity contribution is 6.32. The van der Waals surface area contributed by atoms with Crippen molar-refractivity contribution in [1.82, 2.24) is 9.80 Å². The molecule has 2 amide bonds. The lowest BCUT2D eigenvalue weighted by Gasteiger charge is -2.26. The molecule has 21 heavy (non-hydrogen) atoms. The molecule has 1 aromatic rings. The van der Waals surface area contributed by atoms with Gasteiger partial charge in [-0.05, 0) is 25.0 Å². The topological polar surface area (TPSA) is 49.9 Å². The Hall–Kier alpha value is -1.75. The molecule has 6 heteroatoms. The number of hydrogen-bond acceptors (Lipinski definition) is 3. The van der Waals surface area contributed by atoms with Crippen molar-refractivity contribution in [2.24, 2.45) is 0 Å². The Morgan fingerprint density at radius 2 is 2.10 bits per heavy atom. The lowest BCUT2D eigenvalue weighted by molar-refractivity contribution is -0.143. The van der Waals surface area contributed by atoms with Crippen molar-refractivity contribution in [2.45, 2.75) is 18.9 Å². The first kappa shape index (κ1) is 15.6. The van der Waals surface area contributed by atoms with Crippen LogP contribution in [0.3, 0.4) is 0 Å². The van der Waals surface area contributed by atoms with Gasteiger partial charge in [0.25, 0.3) is 5.91 Å². The van der Waals surface area contributed by atoms with Crippen molar-refractivity contribution >= 4 is 23.4 Å². The molecule has 0 radical (unpaired) electrons. The Morgan fingerprint density at radius 1 is 1.38 bits per heavy atom. The Morgan fingerprint density at radius 3 is 2.76 bits per heavy atom. The van der Waals surface area contributed by atoms with E-state index in [1.165, 1.54) is 4.90 Å². The van der Waals surface area contributed by atoms with E-state index in [4.69, 9.17) is 16.3 Å². The van der Waals surface area contributed by atoms with Gasteiger partial charge in [0.15, 0.2) is 6.61 Å². The molecule has 0 saturated carbocycles. The molecule has 1 fully saturated rings. The molecule has 1 atom stereocenters. The highest BCUT2D eigenvalue weighted by atomic mass is 35.5. The van der Waals surface area contributed by atoms with Gasteiger partial charge in [-0.2, -0.15) is 0 Å². The van der Waals surface area contributed by atoms with Gasteiger partial charge in [-0.15, -0.1) is 0 Å². The molecule has 1 aromatic carbocycles. The summed E-state index contributed by atoms with van der Waals surface area (Å²) in [6.07, 6.45) is 1.54. The summed E-state index contributed by atoms with van der Waals surface area (Å²) in [7, 11) is 3.40. The lowest BCUT2D eigenvalue weighted by atomic mass is 10.2. The average molecular weight is 311 g/mol. The van der Waals surface area contributed by atoms with E-state index in [1.807, 2.05) is 0 Å². The van der Waals surface area contributed by atoms with Gasteiger partial charge in [-0.25, -0.2) is 0 Å². The Kier molecular flexibility index (Phi) is 5.07. The second kappa shape index (κ2) is 6.80. The van der Waals surface area contributed by atoms with Gasteiger partial charge >= 0.3 is 0 Å². The van der Waals surface area contributed by atoms with Gasteiger partial charge in [0.05, 0.1) is 5.02 Å². The number of likely N-dealkylation sites (N-methyl/N-ethyl adjacent to an activating group) is 1. The summed E-state index contributed by atoms with van der Waals surface area (Å²) >= 11 is 5.98. The van der Waals surface area contributed by atoms with Crippen LogP contribution in [0.5, 0.6) is 5.75 Å². The maximum atomic E-state index is 12.3. The predicted molar refractivity (Wildman–Crippen MR) is 80.4 cm³/mol. The zero-order valence-electron chi connectivity index (χ0n) is 12.2. The molecule has 0 aromatic heterocycles. The summed E-state index contributed by atoms with van der Waals surface area (Å²) in [4.78, 5) is 27.4. The number of carbonyl (C=O) groups is 2. The first-order valence-electron chi connectivity index (χ1n) is 6.88. The summed E-state index contributed by atoms with van der Waals surface area (Å²) in [5.74, 6) is 0.244. The number of carbonyl (C=O) groups excluding carboxylic acids is 2. The molecule has 0 spiro atoms. The van der Waals surface area contributed by atoms with E-state index in [-0.39, 0.29) is 24.5 Å². The number of amides is 2. The first-order valence-corrected chi connectivity index (χ1v) is 7.26. The van der Waals surface area contributed by atoms with E-state index >= 15 is 0 Å².